The molecule has 0 radical (unpaired) electrons. The third-order valence-electron chi connectivity index (χ3n) is 2.28. The molecule has 2 aromatic rings. The Labute approximate surface area is 99.3 Å². The molecule has 0 fully saturated rings. The molecule has 16 heavy (non-hydrogen) atoms. The number of rotatable bonds is 5. The normalized spacial score (nSPS) is 10.9. The lowest BCUT2D eigenvalue weighted by Crippen LogP contribution is -2.05. The second-order valence-corrected chi connectivity index (χ2v) is 4.47. The molecule has 5 heteroatoms. The van der Waals surface area contributed by atoms with Gasteiger partial charge in [-0.25, -0.2) is 4.98 Å². The molecule has 86 valence electrons. The minimum atomic E-state index is 0.818. The fraction of sp³-hybridized carbons (Fsp3) is 0.455. The zero-order valence-electron chi connectivity index (χ0n) is 9.60. The molecule has 2 heterocycles. The van der Waals surface area contributed by atoms with Crippen molar-refractivity contribution < 1.29 is 0 Å². The van der Waals surface area contributed by atoms with E-state index in [0.717, 1.165) is 35.9 Å². The molecular weight excluding hydrogens is 220 g/mol. The van der Waals surface area contributed by atoms with E-state index in [-0.39, 0.29) is 0 Å². The molecule has 4 nitrogen and oxygen atoms in total. The van der Waals surface area contributed by atoms with Gasteiger partial charge in [0.05, 0.1) is 11.4 Å². The second-order valence-electron chi connectivity index (χ2n) is 3.61. The van der Waals surface area contributed by atoms with Crippen LogP contribution in [0.1, 0.15) is 19.0 Å². The van der Waals surface area contributed by atoms with Gasteiger partial charge < -0.3 is 5.32 Å². The van der Waals surface area contributed by atoms with Crippen molar-refractivity contribution in [3.05, 3.63) is 23.3 Å². The van der Waals surface area contributed by atoms with Gasteiger partial charge in [0.2, 0.25) is 0 Å². The minimum absolute atomic E-state index is 0.818. The molecule has 0 saturated carbocycles. The Bertz CT molecular complexity index is 446. The number of nitrogens with zero attached hydrogens (tertiary/aromatic N) is 3. The Morgan fingerprint density at radius 3 is 3.12 bits per heavy atom. The number of hydrogen-bond acceptors (Lipinski definition) is 4. The molecule has 0 bridgehead atoms. The lowest BCUT2D eigenvalue weighted by atomic mass is 10.4. The summed E-state index contributed by atoms with van der Waals surface area (Å²) in [6.07, 6.45) is 2.92. The van der Waals surface area contributed by atoms with Crippen LogP contribution in [0.15, 0.2) is 17.6 Å². The molecule has 0 spiro atoms. The summed E-state index contributed by atoms with van der Waals surface area (Å²) in [7, 11) is 1.93. The largest absolute Gasteiger partial charge is 0.314 e. The van der Waals surface area contributed by atoms with Crippen LogP contribution in [0.2, 0.25) is 0 Å². The van der Waals surface area contributed by atoms with Crippen molar-refractivity contribution >= 4 is 11.3 Å². The van der Waals surface area contributed by atoms with Crippen LogP contribution in [-0.4, -0.2) is 21.8 Å². The fourth-order valence-electron chi connectivity index (χ4n) is 1.59. The number of aromatic nitrogens is 3. The second kappa shape index (κ2) is 5.23. The Balaban J connectivity index is 2.24. The summed E-state index contributed by atoms with van der Waals surface area (Å²) in [5.41, 5.74) is 2.21. The van der Waals surface area contributed by atoms with Gasteiger partial charge in [0.25, 0.3) is 0 Å². The smallest absolute Gasteiger partial charge is 0.141 e. The number of nitrogens with one attached hydrogen (secondary N) is 1. The first-order valence-corrected chi connectivity index (χ1v) is 6.34. The first kappa shape index (κ1) is 11.3. The van der Waals surface area contributed by atoms with Crippen LogP contribution in [0.5, 0.6) is 0 Å². The highest BCUT2D eigenvalue weighted by molar-refractivity contribution is 7.13. The average Bonchev–Trinajstić information content (AvgIpc) is 2.87. The lowest BCUT2D eigenvalue weighted by Gasteiger charge is -2.02. The maximum absolute atomic E-state index is 4.58. The Hall–Kier alpha value is -1.20. The quantitative estimate of drug-likeness (QED) is 0.865. The molecule has 2 rings (SSSR count). The van der Waals surface area contributed by atoms with Gasteiger partial charge in [-0.1, -0.05) is 6.92 Å². The molecule has 0 unspecified atom stereocenters. The minimum Gasteiger partial charge on any atom is -0.314 e. The summed E-state index contributed by atoms with van der Waals surface area (Å²) in [5.74, 6) is 0. The zero-order chi connectivity index (χ0) is 11.4. The maximum atomic E-state index is 4.58. The number of aryl methyl sites for hydroxylation is 1. The molecule has 2 aromatic heterocycles. The summed E-state index contributed by atoms with van der Waals surface area (Å²) in [4.78, 5) is 4.58. The van der Waals surface area contributed by atoms with Crippen LogP contribution < -0.4 is 5.32 Å². The Kier molecular flexibility index (Phi) is 3.69. The van der Waals surface area contributed by atoms with E-state index in [9.17, 15) is 0 Å². The molecule has 0 aliphatic heterocycles. The molecule has 0 aliphatic carbocycles. The highest BCUT2D eigenvalue weighted by Crippen LogP contribution is 2.23. The highest BCUT2D eigenvalue weighted by Gasteiger charge is 2.09. The van der Waals surface area contributed by atoms with Crippen molar-refractivity contribution in [2.45, 2.75) is 26.4 Å². The van der Waals surface area contributed by atoms with Crippen LogP contribution >= 0.6 is 11.3 Å². The van der Waals surface area contributed by atoms with Crippen molar-refractivity contribution in [1.29, 1.82) is 0 Å². The van der Waals surface area contributed by atoms with E-state index in [4.69, 9.17) is 0 Å². The van der Waals surface area contributed by atoms with Gasteiger partial charge >= 0.3 is 0 Å². The molecule has 0 saturated heterocycles. The summed E-state index contributed by atoms with van der Waals surface area (Å²) >= 11 is 1.68. The Morgan fingerprint density at radius 1 is 1.50 bits per heavy atom. The molecular formula is C11H16N4S. The van der Waals surface area contributed by atoms with E-state index < -0.39 is 0 Å². The first-order valence-electron chi connectivity index (χ1n) is 5.46. The zero-order valence-corrected chi connectivity index (χ0v) is 10.4. The molecule has 0 aromatic carbocycles. The van der Waals surface area contributed by atoms with Crippen molar-refractivity contribution in [2.75, 3.05) is 7.05 Å². The van der Waals surface area contributed by atoms with Crippen LogP contribution in [0.4, 0.5) is 0 Å². The van der Waals surface area contributed by atoms with Crippen molar-refractivity contribution in [2.24, 2.45) is 0 Å². The van der Waals surface area contributed by atoms with Gasteiger partial charge in [0.15, 0.2) is 0 Å². The molecule has 1 N–H and O–H groups in total. The Morgan fingerprint density at radius 2 is 2.38 bits per heavy atom. The molecule has 0 amide bonds. The first-order chi connectivity index (χ1) is 7.85. The van der Waals surface area contributed by atoms with E-state index in [1.807, 2.05) is 24.0 Å². The number of hydrogen-bond donors (Lipinski definition) is 1. The van der Waals surface area contributed by atoms with Gasteiger partial charge in [0, 0.05) is 24.7 Å². The van der Waals surface area contributed by atoms with Crippen molar-refractivity contribution in [3.63, 3.8) is 0 Å². The average molecular weight is 236 g/mol. The summed E-state index contributed by atoms with van der Waals surface area (Å²) in [6.45, 7) is 3.92. The summed E-state index contributed by atoms with van der Waals surface area (Å²) in [6, 6.07) is 2.03. The van der Waals surface area contributed by atoms with E-state index in [1.165, 1.54) is 0 Å². The summed E-state index contributed by atoms with van der Waals surface area (Å²) in [5, 5.41) is 10.6. The monoisotopic (exact) mass is 236 g/mol. The highest BCUT2D eigenvalue weighted by atomic mass is 32.1. The predicted octanol–water partition coefficient (Wildman–Crippen LogP) is 2.14. The third kappa shape index (κ3) is 2.31. The predicted molar refractivity (Wildman–Crippen MR) is 66.4 cm³/mol. The van der Waals surface area contributed by atoms with Gasteiger partial charge in [-0.3, -0.25) is 4.68 Å². The SMILES string of the molecule is CCCn1nccc1-c1nc(CNC)cs1. The van der Waals surface area contributed by atoms with Gasteiger partial charge in [-0.15, -0.1) is 11.3 Å². The van der Waals surface area contributed by atoms with Crippen LogP contribution in [0.3, 0.4) is 0 Å². The van der Waals surface area contributed by atoms with E-state index in [2.05, 4.69) is 27.7 Å². The van der Waals surface area contributed by atoms with Crippen LogP contribution in [-0.2, 0) is 13.1 Å². The standard InChI is InChI=1S/C11H16N4S/c1-3-6-15-10(4-5-13-15)11-14-9(7-12-2)8-16-11/h4-5,8,12H,3,6-7H2,1-2H3. The van der Waals surface area contributed by atoms with Crippen molar-refractivity contribution in [3.8, 4) is 10.7 Å². The number of thiazole rings is 1. The lowest BCUT2D eigenvalue weighted by molar-refractivity contribution is 0.608. The van der Waals surface area contributed by atoms with E-state index in [0.29, 0.717) is 0 Å². The maximum Gasteiger partial charge on any atom is 0.141 e. The topological polar surface area (TPSA) is 42.7 Å². The van der Waals surface area contributed by atoms with Crippen LogP contribution in [0, 0.1) is 0 Å². The fourth-order valence-corrected chi connectivity index (χ4v) is 2.44. The van der Waals surface area contributed by atoms with Gasteiger partial charge in [-0.2, -0.15) is 5.10 Å². The van der Waals surface area contributed by atoms with Crippen LogP contribution in [0.25, 0.3) is 10.7 Å². The van der Waals surface area contributed by atoms with Gasteiger partial charge in [-0.05, 0) is 19.5 Å². The van der Waals surface area contributed by atoms with E-state index >= 15 is 0 Å². The third-order valence-corrected chi connectivity index (χ3v) is 3.19. The van der Waals surface area contributed by atoms with E-state index in [1.54, 1.807) is 11.3 Å². The van der Waals surface area contributed by atoms with Crippen molar-refractivity contribution in [1.82, 2.24) is 20.1 Å². The van der Waals surface area contributed by atoms with Gasteiger partial charge in [0.1, 0.15) is 5.01 Å². The summed E-state index contributed by atoms with van der Waals surface area (Å²) < 4.78 is 2.02. The molecule has 0 atom stereocenters. The molecule has 0 aliphatic rings.